The minimum absolute atomic E-state index is 0.00749. The second kappa shape index (κ2) is 15.0. The number of aliphatic imine (C=N–C) groups is 1. The van der Waals surface area contributed by atoms with E-state index in [1.807, 2.05) is 24.3 Å². The smallest absolute Gasteiger partial charge is 0.266 e. The normalized spacial score (nSPS) is 17.0. The third kappa shape index (κ3) is 7.52. The largest absolute Gasteiger partial charge is 0.494 e. The van der Waals surface area contributed by atoms with Gasteiger partial charge < -0.3 is 14.6 Å². The number of hydrogen-bond acceptors (Lipinski definition) is 7. The van der Waals surface area contributed by atoms with E-state index in [0.717, 1.165) is 22.2 Å². The maximum atomic E-state index is 14.3. The molecular weight excluding hydrogens is 662 g/mol. The molecule has 0 bridgehead atoms. The average Bonchev–Trinajstić information content (AvgIpc) is 3.45. The highest BCUT2D eigenvalue weighted by Crippen LogP contribution is 2.45. The Kier molecular flexibility index (Phi) is 10.6. The van der Waals surface area contributed by atoms with Crippen LogP contribution < -0.4 is 15.6 Å². The monoisotopic (exact) mass is 690 g/mol. The molecule has 2 atom stereocenters. The lowest BCUT2D eigenvalue weighted by atomic mass is 9.81. The summed E-state index contributed by atoms with van der Waals surface area (Å²) in [5.74, 6) is -1.79. The number of benzene rings is 4. The lowest BCUT2D eigenvalue weighted by Gasteiger charge is -2.31. The highest BCUT2D eigenvalue weighted by molar-refractivity contribution is 9.10. The topological polar surface area (TPSA) is 141 Å². The summed E-state index contributed by atoms with van der Waals surface area (Å²) in [7, 11) is 0. The van der Waals surface area contributed by atoms with Crippen molar-refractivity contribution in [2.24, 2.45) is 10.1 Å². The fourth-order valence-corrected chi connectivity index (χ4v) is 5.27. The van der Waals surface area contributed by atoms with E-state index >= 15 is 0 Å². The average molecular weight is 692 g/mol. The van der Waals surface area contributed by atoms with Crippen molar-refractivity contribution in [1.29, 1.82) is 0 Å². The van der Waals surface area contributed by atoms with Gasteiger partial charge in [0.2, 0.25) is 5.90 Å². The van der Waals surface area contributed by atoms with E-state index in [1.165, 1.54) is 6.07 Å². The predicted molar refractivity (Wildman–Crippen MR) is 171 cm³/mol. The summed E-state index contributed by atoms with van der Waals surface area (Å²) in [6, 6.07) is 24.6. The number of amides is 1. The van der Waals surface area contributed by atoms with Crippen molar-refractivity contribution >= 4 is 33.4 Å². The summed E-state index contributed by atoms with van der Waals surface area (Å²) in [5.41, 5.74) is 15.6. The molecule has 0 aromatic heterocycles. The molecule has 1 amide bonds. The molecule has 3 N–H and O–H groups in total. The fraction of sp³-hybridized carbons (Fsp3) is 0.212. The number of hydrazine groups is 1. The van der Waals surface area contributed by atoms with Gasteiger partial charge in [0.15, 0.2) is 23.3 Å². The van der Waals surface area contributed by atoms with Crippen LogP contribution in [0.25, 0.3) is 10.4 Å². The summed E-state index contributed by atoms with van der Waals surface area (Å²) >= 11 is 3.45. The number of nitrogens with zero attached hydrogens (tertiary/aromatic N) is 4. The molecule has 4 aromatic rings. The van der Waals surface area contributed by atoms with Crippen molar-refractivity contribution in [3.05, 3.63) is 140 Å². The van der Waals surface area contributed by atoms with E-state index in [4.69, 9.17) is 19.6 Å². The van der Waals surface area contributed by atoms with E-state index in [0.29, 0.717) is 35.5 Å². The van der Waals surface area contributed by atoms with Crippen LogP contribution in [-0.2, 0) is 22.5 Å². The van der Waals surface area contributed by atoms with Crippen LogP contribution in [0.5, 0.6) is 5.75 Å². The van der Waals surface area contributed by atoms with Gasteiger partial charge in [-0.25, -0.2) is 19.2 Å². The van der Waals surface area contributed by atoms with Gasteiger partial charge in [0.05, 0.1) is 6.61 Å². The molecule has 0 fully saturated rings. The zero-order valence-electron chi connectivity index (χ0n) is 24.4. The molecule has 5 rings (SSSR count). The van der Waals surface area contributed by atoms with Crippen molar-refractivity contribution in [2.45, 2.75) is 31.0 Å². The molecule has 1 heterocycles. The van der Waals surface area contributed by atoms with Gasteiger partial charge in [0, 0.05) is 52.2 Å². The number of nitrogens with one attached hydrogen (secondary N) is 2. The number of ether oxygens (including phenoxy) is 2. The molecule has 13 heteroatoms. The van der Waals surface area contributed by atoms with Crippen LogP contribution in [0, 0.1) is 11.6 Å². The van der Waals surface area contributed by atoms with Crippen LogP contribution >= 0.6 is 15.9 Å². The maximum Gasteiger partial charge on any atom is 0.266 e. The lowest BCUT2D eigenvalue weighted by molar-refractivity contribution is -0.130. The van der Waals surface area contributed by atoms with Crippen molar-refractivity contribution in [2.75, 3.05) is 13.2 Å². The van der Waals surface area contributed by atoms with Gasteiger partial charge in [-0.2, -0.15) is 0 Å². The Balaban J connectivity index is 1.55. The Bertz CT molecular complexity index is 1770. The number of rotatable bonds is 13. The highest BCUT2D eigenvalue weighted by Gasteiger charge is 2.54. The first kappa shape index (κ1) is 32.6. The summed E-state index contributed by atoms with van der Waals surface area (Å²) in [6.07, 6.45) is -0.472. The molecule has 0 saturated carbocycles. The molecule has 0 spiro atoms. The van der Waals surface area contributed by atoms with E-state index in [2.05, 4.69) is 36.8 Å². The van der Waals surface area contributed by atoms with Crippen LogP contribution in [0.2, 0.25) is 0 Å². The van der Waals surface area contributed by atoms with Crippen LogP contribution in [0.3, 0.4) is 0 Å². The molecule has 46 heavy (non-hydrogen) atoms. The number of halogens is 3. The molecule has 0 radical (unpaired) electrons. The molecule has 1 aliphatic rings. The molecule has 4 aromatic carbocycles. The Labute approximate surface area is 271 Å². The minimum Gasteiger partial charge on any atom is -0.494 e. The standard InChI is InChI=1S/C33H29BrF2N6O4/c34-24-11-6-21(7-12-24)19-33(32(44)41-38-20-22-8-15-27(35)28(36)18-22)30(26-4-1-2-5-29(26)40-42-37)46-31(39-33)23-9-13-25(14-10-23)45-17-3-16-43/h1-2,4-15,18,30,38,43H,3,16-17,19-20H2,(H,41,44)/t30-,33-/m0/s1. The number of carbonyl (C=O) groups excluding carboxylic acids is 1. The molecule has 236 valence electrons. The molecular formula is C33H29BrF2N6O4. The number of carbonyl (C=O) groups is 1. The van der Waals surface area contributed by atoms with Crippen molar-refractivity contribution < 1.29 is 28.2 Å². The maximum absolute atomic E-state index is 14.3. The van der Waals surface area contributed by atoms with Gasteiger partial charge in [0.25, 0.3) is 5.91 Å². The molecule has 0 saturated heterocycles. The van der Waals surface area contributed by atoms with Gasteiger partial charge in [-0.3, -0.25) is 10.2 Å². The Morgan fingerprint density at radius 3 is 2.50 bits per heavy atom. The first-order valence-corrected chi connectivity index (χ1v) is 15.1. The van der Waals surface area contributed by atoms with Gasteiger partial charge in [-0.15, -0.1) is 0 Å². The van der Waals surface area contributed by atoms with Crippen LogP contribution in [0.15, 0.2) is 106 Å². The minimum atomic E-state index is -1.62. The third-order valence-corrected chi connectivity index (χ3v) is 7.80. The van der Waals surface area contributed by atoms with E-state index in [1.54, 1.807) is 48.5 Å². The van der Waals surface area contributed by atoms with Gasteiger partial charge in [-0.05, 0) is 65.2 Å². The van der Waals surface area contributed by atoms with Crippen molar-refractivity contribution in [3.63, 3.8) is 0 Å². The SMILES string of the molecule is [N-]=[N+]=Nc1ccccc1[C@@H]1OC(c2ccc(OCCCO)cc2)=N[C@]1(Cc1ccc(Br)cc1)C(=O)NNCc1ccc(F)c(F)c1. The predicted octanol–water partition coefficient (Wildman–Crippen LogP) is 6.75. The third-order valence-electron chi connectivity index (χ3n) is 7.27. The Hall–Kier alpha value is -4.81. The first-order chi connectivity index (χ1) is 22.3. The number of aliphatic hydroxyl groups excluding tert-OH is 1. The summed E-state index contributed by atoms with van der Waals surface area (Å²) in [6.45, 7) is 0.353. The molecule has 0 unspecified atom stereocenters. The number of aliphatic hydroxyl groups is 1. The zero-order chi connectivity index (χ0) is 32.5. The Morgan fingerprint density at radius 2 is 1.78 bits per heavy atom. The Morgan fingerprint density at radius 1 is 1.04 bits per heavy atom. The van der Waals surface area contributed by atoms with E-state index < -0.39 is 29.2 Å². The van der Waals surface area contributed by atoms with Crippen molar-refractivity contribution in [3.8, 4) is 5.75 Å². The van der Waals surface area contributed by atoms with Crippen LogP contribution in [0.4, 0.5) is 14.5 Å². The lowest BCUT2D eigenvalue weighted by Crippen LogP contribution is -2.53. The quantitative estimate of drug-likeness (QED) is 0.0468. The summed E-state index contributed by atoms with van der Waals surface area (Å²) < 4.78 is 40.3. The zero-order valence-corrected chi connectivity index (χ0v) is 26.0. The number of azide groups is 1. The van der Waals surface area contributed by atoms with Gasteiger partial charge >= 0.3 is 0 Å². The molecule has 1 aliphatic heterocycles. The number of hydrogen-bond donors (Lipinski definition) is 3. The second-order valence-corrected chi connectivity index (χ2v) is 11.3. The van der Waals surface area contributed by atoms with Crippen LogP contribution in [0.1, 0.15) is 34.8 Å². The first-order valence-electron chi connectivity index (χ1n) is 14.3. The van der Waals surface area contributed by atoms with Crippen LogP contribution in [-0.4, -0.2) is 35.7 Å². The molecule has 0 aliphatic carbocycles. The molecule has 10 nitrogen and oxygen atoms in total. The summed E-state index contributed by atoms with van der Waals surface area (Å²) in [4.78, 5) is 22.2. The van der Waals surface area contributed by atoms with Gasteiger partial charge in [-0.1, -0.05) is 63.5 Å². The van der Waals surface area contributed by atoms with Crippen molar-refractivity contribution in [1.82, 2.24) is 10.9 Å². The fourth-order valence-electron chi connectivity index (χ4n) is 5.01. The second-order valence-electron chi connectivity index (χ2n) is 10.4. The summed E-state index contributed by atoms with van der Waals surface area (Å²) in [5, 5.41) is 12.9. The van der Waals surface area contributed by atoms with Gasteiger partial charge in [0.1, 0.15) is 5.75 Å². The highest BCUT2D eigenvalue weighted by atomic mass is 79.9. The van der Waals surface area contributed by atoms with E-state index in [9.17, 15) is 19.1 Å². The van der Waals surface area contributed by atoms with E-state index in [-0.39, 0.29) is 31.2 Å².